The number of allylic oxidation sites excluding steroid dienone is 2. The van der Waals surface area contributed by atoms with Crippen molar-refractivity contribution in [3.8, 4) is 0 Å². The van der Waals surface area contributed by atoms with Crippen molar-refractivity contribution in [3.05, 3.63) is 111 Å². The highest BCUT2D eigenvalue weighted by atomic mass is 32.2. The van der Waals surface area contributed by atoms with Crippen LogP contribution in [0.1, 0.15) is 52.6 Å². The number of anilines is 1. The van der Waals surface area contributed by atoms with E-state index in [1.807, 2.05) is 0 Å². The number of nitrogens with one attached hydrogen (secondary N) is 2. The SMILES string of the molecule is O=C1C2=C(C(=O)c3ccccc31)C1Nc3ccc4c(c3[NH+]=C1C=C2)C(=O)c1cccc(S(=O)(=O)O)c1C4=O. The molecular weight excluding hydrogens is 508 g/mol. The molecule has 0 aromatic heterocycles. The molecule has 0 spiro atoms. The van der Waals surface area contributed by atoms with Gasteiger partial charge in [0.2, 0.25) is 17.2 Å². The number of Topliss-reactive ketones (excluding diaryl/α,β-unsaturated/α-hetero) is 2. The van der Waals surface area contributed by atoms with Gasteiger partial charge in [0, 0.05) is 39.5 Å². The fourth-order valence-corrected chi connectivity index (χ4v) is 6.28. The Morgan fingerprint density at radius 1 is 0.711 bits per heavy atom. The highest BCUT2D eigenvalue weighted by Crippen LogP contribution is 2.39. The highest BCUT2D eigenvalue weighted by molar-refractivity contribution is 7.86. The van der Waals surface area contributed by atoms with E-state index in [0.717, 1.165) is 6.07 Å². The number of carbonyl (C=O) groups excluding carboxylic acids is 4. The molecule has 3 aromatic rings. The lowest BCUT2D eigenvalue weighted by molar-refractivity contribution is -0.355. The van der Waals surface area contributed by atoms with Crippen LogP contribution < -0.4 is 10.3 Å². The molecule has 4 aliphatic rings. The zero-order chi connectivity index (χ0) is 26.5. The summed E-state index contributed by atoms with van der Waals surface area (Å²) in [5.74, 6) is -1.84. The number of fused-ring (bicyclic) bond motifs is 7. The second kappa shape index (κ2) is 7.37. The minimum absolute atomic E-state index is 0.0248. The molecule has 3 aromatic carbocycles. The molecular formula is C28H15N2O7S+. The van der Waals surface area contributed by atoms with Crippen molar-refractivity contribution in [1.82, 2.24) is 0 Å². The maximum Gasteiger partial charge on any atom is 0.295 e. The van der Waals surface area contributed by atoms with Gasteiger partial charge in [-0.1, -0.05) is 36.4 Å². The normalized spacial score (nSPS) is 19.0. The van der Waals surface area contributed by atoms with E-state index in [2.05, 4.69) is 10.3 Å². The zero-order valence-electron chi connectivity index (χ0n) is 19.2. The molecule has 0 saturated heterocycles. The summed E-state index contributed by atoms with van der Waals surface area (Å²) < 4.78 is 33.4. The number of ketones is 4. The Morgan fingerprint density at radius 3 is 2.11 bits per heavy atom. The summed E-state index contributed by atoms with van der Waals surface area (Å²) in [6.45, 7) is 0. The average Bonchev–Trinajstić information content (AvgIpc) is 2.91. The molecule has 1 aliphatic heterocycles. The van der Waals surface area contributed by atoms with Gasteiger partial charge in [-0.15, -0.1) is 0 Å². The van der Waals surface area contributed by atoms with E-state index in [4.69, 9.17) is 0 Å². The molecule has 0 amide bonds. The van der Waals surface area contributed by atoms with Gasteiger partial charge in [-0.3, -0.25) is 23.7 Å². The van der Waals surface area contributed by atoms with Crippen molar-refractivity contribution >= 4 is 50.3 Å². The summed E-state index contributed by atoms with van der Waals surface area (Å²) in [7, 11) is -4.76. The molecule has 0 bridgehead atoms. The lowest BCUT2D eigenvalue weighted by atomic mass is 9.76. The molecule has 0 radical (unpaired) electrons. The van der Waals surface area contributed by atoms with E-state index in [1.165, 1.54) is 18.2 Å². The van der Waals surface area contributed by atoms with Crippen molar-refractivity contribution in [2.24, 2.45) is 0 Å². The van der Waals surface area contributed by atoms with Crippen molar-refractivity contribution in [2.45, 2.75) is 10.9 Å². The standard InChI is InChI=1S/C28H14N2O7S/c31-25-12-4-1-2-5-13(12)26(32)21-15(25)8-10-17-23(21)29-18-11-9-16-22(24(18)30-17)28(34)14-6-3-7-19(38(35,36)37)20(14)27(16)33/h1-11,23,29H,(H,35,36,37)/p+1. The van der Waals surface area contributed by atoms with Gasteiger partial charge in [-0.2, -0.15) is 8.42 Å². The molecule has 1 atom stereocenters. The number of hydrogen-bond donors (Lipinski definition) is 3. The highest BCUT2D eigenvalue weighted by Gasteiger charge is 2.45. The Kier molecular flexibility index (Phi) is 4.35. The molecule has 7 rings (SSSR count). The van der Waals surface area contributed by atoms with Crippen LogP contribution >= 0.6 is 0 Å². The molecule has 184 valence electrons. The van der Waals surface area contributed by atoms with Gasteiger partial charge in [0.15, 0.2) is 17.3 Å². The largest absolute Gasteiger partial charge is 0.364 e. The second-order valence-electron chi connectivity index (χ2n) is 9.24. The minimum atomic E-state index is -4.76. The molecule has 10 heteroatoms. The van der Waals surface area contributed by atoms with Crippen LogP contribution in [0.2, 0.25) is 0 Å². The predicted octanol–water partition coefficient (Wildman–Crippen LogP) is 1.60. The van der Waals surface area contributed by atoms with Gasteiger partial charge in [0.05, 0.1) is 5.56 Å². The van der Waals surface area contributed by atoms with E-state index in [0.29, 0.717) is 28.2 Å². The number of carbonyl (C=O) groups is 4. The summed E-state index contributed by atoms with van der Waals surface area (Å²) in [5, 5.41) is 3.24. The fraction of sp³-hybridized carbons (Fsp3) is 0.0357. The van der Waals surface area contributed by atoms with Gasteiger partial charge in [-0.25, -0.2) is 4.99 Å². The van der Waals surface area contributed by atoms with Crippen LogP contribution in [0, 0.1) is 0 Å². The molecule has 3 aliphatic carbocycles. The molecule has 38 heavy (non-hydrogen) atoms. The lowest BCUT2D eigenvalue weighted by Gasteiger charge is -2.30. The number of benzene rings is 3. The molecule has 3 N–H and O–H groups in total. The maximum absolute atomic E-state index is 13.6. The third-order valence-electron chi connectivity index (χ3n) is 7.25. The van der Waals surface area contributed by atoms with E-state index in [-0.39, 0.29) is 45.0 Å². The third-order valence-corrected chi connectivity index (χ3v) is 8.14. The summed E-state index contributed by atoms with van der Waals surface area (Å²) in [5.41, 5.74) is 1.94. The van der Waals surface area contributed by atoms with E-state index in [9.17, 15) is 32.1 Å². The second-order valence-corrected chi connectivity index (χ2v) is 10.6. The quantitative estimate of drug-likeness (QED) is 0.319. The Hall–Kier alpha value is -4.80. The van der Waals surface area contributed by atoms with Gasteiger partial charge >= 0.3 is 0 Å². The Morgan fingerprint density at radius 2 is 1.37 bits per heavy atom. The topological polar surface area (TPSA) is 149 Å². The average molecular weight is 524 g/mol. The van der Waals surface area contributed by atoms with E-state index < -0.39 is 32.6 Å². The van der Waals surface area contributed by atoms with Crippen molar-refractivity contribution in [3.63, 3.8) is 0 Å². The molecule has 1 unspecified atom stereocenters. The molecule has 1 heterocycles. The van der Waals surface area contributed by atoms with Gasteiger partial charge in [0.1, 0.15) is 22.2 Å². The number of rotatable bonds is 1. The minimum Gasteiger partial charge on any atom is -0.364 e. The maximum atomic E-state index is 13.6. The van der Waals surface area contributed by atoms with Crippen LogP contribution in [0.15, 0.2) is 82.8 Å². The number of hydrogen-bond acceptors (Lipinski definition) is 7. The monoisotopic (exact) mass is 523 g/mol. The van der Waals surface area contributed by atoms with Crippen LogP contribution in [0.3, 0.4) is 0 Å². The lowest BCUT2D eigenvalue weighted by Crippen LogP contribution is -2.74. The van der Waals surface area contributed by atoms with Crippen LogP contribution in [0.25, 0.3) is 0 Å². The van der Waals surface area contributed by atoms with Gasteiger partial charge in [0.25, 0.3) is 10.1 Å². The van der Waals surface area contributed by atoms with Gasteiger partial charge in [-0.05, 0) is 24.3 Å². The first-order valence-corrected chi connectivity index (χ1v) is 13.0. The first-order chi connectivity index (χ1) is 18.2. The van der Waals surface area contributed by atoms with E-state index >= 15 is 0 Å². The predicted molar refractivity (Wildman–Crippen MR) is 134 cm³/mol. The Balaban J connectivity index is 1.38. The van der Waals surface area contributed by atoms with Crippen LogP contribution in [-0.4, -0.2) is 47.9 Å². The summed E-state index contributed by atoms with van der Waals surface area (Å²) in [4.78, 5) is 56.1. The van der Waals surface area contributed by atoms with E-state index in [1.54, 1.807) is 42.5 Å². The zero-order valence-corrected chi connectivity index (χ0v) is 20.0. The fourth-order valence-electron chi connectivity index (χ4n) is 5.57. The van der Waals surface area contributed by atoms with Crippen molar-refractivity contribution in [1.29, 1.82) is 0 Å². The molecule has 9 nitrogen and oxygen atoms in total. The van der Waals surface area contributed by atoms with Crippen LogP contribution in [0.5, 0.6) is 0 Å². The molecule has 0 saturated carbocycles. The summed E-state index contributed by atoms with van der Waals surface area (Å²) in [6, 6.07) is 12.6. The summed E-state index contributed by atoms with van der Waals surface area (Å²) >= 11 is 0. The smallest absolute Gasteiger partial charge is 0.295 e. The van der Waals surface area contributed by atoms with Crippen LogP contribution in [-0.2, 0) is 10.1 Å². The van der Waals surface area contributed by atoms with Crippen molar-refractivity contribution < 1.29 is 37.1 Å². The summed E-state index contributed by atoms with van der Waals surface area (Å²) in [6.07, 6.45) is 3.21. The van der Waals surface area contributed by atoms with Gasteiger partial charge < -0.3 is 5.32 Å². The first kappa shape index (κ1) is 22.4. The van der Waals surface area contributed by atoms with Crippen molar-refractivity contribution in [2.75, 3.05) is 5.32 Å². The first-order valence-electron chi connectivity index (χ1n) is 11.5. The molecule has 0 fully saturated rings. The Labute approximate surface area is 215 Å². The van der Waals surface area contributed by atoms with Crippen LogP contribution in [0.4, 0.5) is 11.4 Å². The Bertz CT molecular complexity index is 1950. The third kappa shape index (κ3) is 2.83.